The van der Waals surface area contributed by atoms with E-state index in [1.165, 1.54) is 19.1 Å². The first kappa shape index (κ1) is 27.7. The highest BCUT2D eigenvalue weighted by atomic mass is 31.2. The number of para-hydroxylation sites is 1. The van der Waals surface area contributed by atoms with E-state index in [0.717, 1.165) is 6.20 Å². The Morgan fingerprint density at radius 2 is 1.92 bits per heavy atom. The number of nitrogens with one attached hydrogen (secondary N) is 2. The van der Waals surface area contributed by atoms with Crippen LogP contribution < -0.4 is 20.9 Å². The van der Waals surface area contributed by atoms with Crippen LogP contribution >= 0.6 is 7.75 Å². The number of ether oxygens (including phenoxy) is 2. The summed E-state index contributed by atoms with van der Waals surface area (Å²) < 4.78 is 35.9. The number of aliphatic hydroxyl groups is 2. The second-order valence-electron chi connectivity index (χ2n) is 8.50. The summed E-state index contributed by atoms with van der Waals surface area (Å²) in [6.07, 6.45) is -5.12. The van der Waals surface area contributed by atoms with Gasteiger partial charge in [-0.1, -0.05) is 32.0 Å². The summed E-state index contributed by atoms with van der Waals surface area (Å²) in [6, 6.07) is 6.95. The standard InChI is InChI=1S/C21H29N4O10P/c1-12(2)10-32-20(29)13(3)24-36(31,35-14-7-5-4-6-8-14)33-11-15-17(27)18(28)19(34-15)25-21(30)23-16(26)9-22-25/h4-9,12-13,15,17-19,27-28H,10-11H2,1-3H3,(H,24,31)(H,23,26,30)/t13-,15+,17?,18?,19+,36?/m0/s1. The molecule has 1 fully saturated rings. The van der Waals surface area contributed by atoms with Gasteiger partial charge in [-0.25, -0.2) is 9.36 Å². The highest BCUT2D eigenvalue weighted by Gasteiger charge is 2.46. The summed E-state index contributed by atoms with van der Waals surface area (Å²) in [4.78, 5) is 37.5. The van der Waals surface area contributed by atoms with Gasteiger partial charge in [-0.15, -0.1) is 0 Å². The summed E-state index contributed by atoms with van der Waals surface area (Å²) in [5.41, 5.74) is -1.72. The van der Waals surface area contributed by atoms with E-state index in [9.17, 15) is 29.2 Å². The average Bonchev–Trinajstić information content (AvgIpc) is 3.10. The molecule has 0 spiro atoms. The summed E-state index contributed by atoms with van der Waals surface area (Å²) in [5, 5.41) is 26.9. The third kappa shape index (κ3) is 7.09. The molecule has 3 rings (SSSR count). The van der Waals surface area contributed by atoms with Crippen molar-refractivity contribution in [2.45, 2.75) is 51.4 Å². The number of aromatic nitrogens is 3. The summed E-state index contributed by atoms with van der Waals surface area (Å²) in [6.45, 7) is 4.74. The zero-order valence-electron chi connectivity index (χ0n) is 19.8. The molecule has 0 saturated carbocycles. The van der Waals surface area contributed by atoms with Crippen LogP contribution in [0, 0.1) is 5.92 Å². The van der Waals surface area contributed by atoms with Crippen LogP contribution in [0.15, 0.2) is 46.1 Å². The average molecular weight is 528 g/mol. The maximum absolute atomic E-state index is 13.6. The second kappa shape index (κ2) is 11.9. The zero-order chi connectivity index (χ0) is 26.5. The topological polar surface area (TPSA) is 191 Å². The number of rotatable bonds is 11. The molecule has 0 aliphatic carbocycles. The molecule has 2 heterocycles. The van der Waals surface area contributed by atoms with Crippen molar-refractivity contribution >= 4 is 13.7 Å². The molecule has 0 bridgehead atoms. The van der Waals surface area contributed by atoms with Gasteiger partial charge in [0.25, 0.3) is 5.56 Å². The maximum atomic E-state index is 13.6. The van der Waals surface area contributed by atoms with Gasteiger partial charge in [0, 0.05) is 0 Å². The van der Waals surface area contributed by atoms with Gasteiger partial charge in [-0.3, -0.25) is 19.1 Å². The van der Waals surface area contributed by atoms with Crippen molar-refractivity contribution in [2.75, 3.05) is 13.2 Å². The van der Waals surface area contributed by atoms with E-state index in [0.29, 0.717) is 4.68 Å². The number of carbonyl (C=O) groups excluding carboxylic acids is 1. The van der Waals surface area contributed by atoms with Crippen LogP contribution in [-0.2, 0) is 23.4 Å². The van der Waals surface area contributed by atoms with Gasteiger partial charge in [0.1, 0.15) is 36.3 Å². The summed E-state index contributed by atoms with van der Waals surface area (Å²) >= 11 is 0. The third-order valence-corrected chi connectivity index (χ3v) is 6.60. The minimum atomic E-state index is -4.26. The first-order valence-electron chi connectivity index (χ1n) is 11.1. The van der Waals surface area contributed by atoms with Gasteiger partial charge in [0.15, 0.2) is 6.23 Å². The molecule has 1 saturated heterocycles. The van der Waals surface area contributed by atoms with E-state index >= 15 is 0 Å². The first-order valence-corrected chi connectivity index (χ1v) is 12.7. The van der Waals surface area contributed by atoms with Gasteiger partial charge in [0.05, 0.1) is 13.2 Å². The van der Waals surface area contributed by atoms with E-state index in [4.69, 9.17) is 18.5 Å². The molecule has 0 radical (unpaired) electrons. The molecule has 3 unspecified atom stereocenters. The molecule has 36 heavy (non-hydrogen) atoms. The van der Waals surface area contributed by atoms with Gasteiger partial charge >= 0.3 is 19.4 Å². The van der Waals surface area contributed by atoms with Crippen molar-refractivity contribution in [1.29, 1.82) is 0 Å². The van der Waals surface area contributed by atoms with Crippen LogP contribution in [0.25, 0.3) is 0 Å². The molecule has 1 aromatic carbocycles. The van der Waals surface area contributed by atoms with Crippen molar-refractivity contribution in [3.8, 4) is 5.75 Å². The lowest BCUT2D eigenvalue weighted by atomic mass is 10.1. The molecule has 2 aromatic rings. The lowest BCUT2D eigenvalue weighted by Crippen LogP contribution is -2.39. The van der Waals surface area contributed by atoms with Gasteiger partial charge in [-0.2, -0.15) is 14.9 Å². The molecule has 198 valence electrons. The fourth-order valence-corrected chi connectivity index (χ4v) is 4.66. The Balaban J connectivity index is 1.74. The number of carbonyl (C=O) groups is 1. The SMILES string of the molecule is CC(C)COC(=O)[C@H](C)NP(=O)(OC[C@H]1O[C@@H](n2ncc(=O)[nH]c2=O)C(O)C1O)Oc1ccccc1. The minimum absolute atomic E-state index is 0.0922. The lowest BCUT2D eigenvalue weighted by molar-refractivity contribution is -0.146. The molecule has 0 amide bonds. The Morgan fingerprint density at radius 3 is 2.56 bits per heavy atom. The smallest absolute Gasteiger partial charge is 0.459 e. The van der Waals surface area contributed by atoms with Crippen LogP contribution in [0.1, 0.15) is 27.0 Å². The Labute approximate surface area is 205 Å². The molecule has 4 N–H and O–H groups in total. The number of hydrogen-bond donors (Lipinski definition) is 4. The monoisotopic (exact) mass is 528 g/mol. The zero-order valence-corrected chi connectivity index (χ0v) is 20.7. The number of hydrogen-bond acceptors (Lipinski definition) is 11. The Morgan fingerprint density at radius 1 is 1.22 bits per heavy atom. The minimum Gasteiger partial charge on any atom is -0.464 e. The Hall–Kier alpha value is -2.87. The molecule has 1 aliphatic rings. The summed E-state index contributed by atoms with van der Waals surface area (Å²) in [5.74, 6) is -0.416. The van der Waals surface area contributed by atoms with E-state index in [1.54, 1.807) is 18.2 Å². The van der Waals surface area contributed by atoms with E-state index < -0.39 is 62.2 Å². The van der Waals surface area contributed by atoms with Crippen LogP contribution in [0.3, 0.4) is 0 Å². The van der Waals surface area contributed by atoms with Crippen molar-refractivity contribution in [3.05, 3.63) is 57.4 Å². The first-order chi connectivity index (χ1) is 17.0. The Bertz CT molecular complexity index is 1190. The number of aromatic amines is 1. The Kier molecular flexibility index (Phi) is 9.17. The fraction of sp³-hybridized carbons (Fsp3) is 0.524. The molecule has 1 aromatic heterocycles. The number of nitrogens with zero attached hydrogens (tertiary/aromatic N) is 2. The molecule has 14 nitrogen and oxygen atoms in total. The molecular formula is C21H29N4O10P. The lowest BCUT2D eigenvalue weighted by Gasteiger charge is -2.24. The van der Waals surface area contributed by atoms with Crippen molar-refractivity contribution < 1.29 is 38.1 Å². The highest BCUT2D eigenvalue weighted by molar-refractivity contribution is 7.52. The van der Waals surface area contributed by atoms with Crippen molar-refractivity contribution in [2.24, 2.45) is 5.92 Å². The van der Waals surface area contributed by atoms with Crippen molar-refractivity contribution in [1.82, 2.24) is 19.9 Å². The molecule has 1 aliphatic heterocycles. The number of aliphatic hydroxyl groups excluding tert-OH is 2. The van der Waals surface area contributed by atoms with E-state index in [1.807, 2.05) is 18.8 Å². The largest absolute Gasteiger partial charge is 0.464 e. The maximum Gasteiger partial charge on any atom is 0.459 e. The molecular weight excluding hydrogens is 499 g/mol. The van der Waals surface area contributed by atoms with Crippen LogP contribution in [0.5, 0.6) is 5.75 Å². The highest BCUT2D eigenvalue weighted by Crippen LogP contribution is 2.45. The normalized spacial score (nSPS) is 24.3. The molecule has 15 heteroatoms. The quantitative estimate of drug-likeness (QED) is 0.225. The van der Waals surface area contributed by atoms with Gasteiger partial charge < -0.3 is 24.2 Å². The van der Waals surface area contributed by atoms with Gasteiger partial charge in [-0.05, 0) is 25.0 Å². The van der Waals surface area contributed by atoms with Crippen LogP contribution in [-0.4, -0.2) is 68.5 Å². The van der Waals surface area contributed by atoms with Crippen LogP contribution in [0.2, 0.25) is 0 Å². The third-order valence-electron chi connectivity index (χ3n) is 4.96. The van der Waals surface area contributed by atoms with Gasteiger partial charge in [0.2, 0.25) is 0 Å². The fourth-order valence-electron chi connectivity index (χ4n) is 3.16. The predicted octanol–water partition coefficient (Wildman–Crippen LogP) is -0.0682. The number of esters is 1. The number of benzene rings is 1. The van der Waals surface area contributed by atoms with Crippen LogP contribution in [0.4, 0.5) is 0 Å². The molecule has 6 atom stereocenters. The van der Waals surface area contributed by atoms with Crippen molar-refractivity contribution in [3.63, 3.8) is 0 Å². The second-order valence-corrected chi connectivity index (χ2v) is 10.2. The summed E-state index contributed by atoms with van der Waals surface area (Å²) in [7, 11) is -4.26. The number of H-pyrrole nitrogens is 1. The van der Waals surface area contributed by atoms with E-state index in [-0.39, 0.29) is 18.3 Å². The van der Waals surface area contributed by atoms with E-state index in [2.05, 4.69) is 10.2 Å². The predicted molar refractivity (Wildman–Crippen MR) is 124 cm³/mol.